The Bertz CT molecular complexity index is 704. The lowest BCUT2D eigenvalue weighted by Crippen LogP contribution is -2.44. The summed E-state index contributed by atoms with van der Waals surface area (Å²) in [5.41, 5.74) is 5.41. The number of benzene rings is 2. The van der Waals surface area contributed by atoms with Gasteiger partial charge in [-0.2, -0.15) is 0 Å². The van der Waals surface area contributed by atoms with Gasteiger partial charge in [0.25, 0.3) is 5.91 Å². The van der Waals surface area contributed by atoms with Gasteiger partial charge in [0.05, 0.1) is 13.5 Å². The molecule has 0 heterocycles. The van der Waals surface area contributed by atoms with Gasteiger partial charge < -0.3 is 9.47 Å². The zero-order chi connectivity index (χ0) is 17.4. The third-order valence-corrected chi connectivity index (χ3v) is 3.28. The van der Waals surface area contributed by atoms with Crippen LogP contribution >= 0.6 is 11.6 Å². The molecular formula is C17H17ClN2O4. The smallest absolute Gasteiger partial charge is 0.276 e. The number of halogens is 1. The highest BCUT2D eigenvalue weighted by Gasteiger charge is 2.07. The van der Waals surface area contributed by atoms with Crippen LogP contribution in [0.15, 0.2) is 48.5 Å². The van der Waals surface area contributed by atoms with Gasteiger partial charge in [-0.3, -0.25) is 20.4 Å². The van der Waals surface area contributed by atoms with Crippen molar-refractivity contribution in [3.05, 3.63) is 59.1 Å². The quantitative estimate of drug-likeness (QED) is 0.784. The van der Waals surface area contributed by atoms with Gasteiger partial charge in [0.1, 0.15) is 11.5 Å². The van der Waals surface area contributed by atoms with Crippen molar-refractivity contribution in [1.82, 2.24) is 10.9 Å². The van der Waals surface area contributed by atoms with Crippen molar-refractivity contribution < 1.29 is 19.1 Å². The number of hydrazine groups is 1. The maximum Gasteiger partial charge on any atom is 0.276 e. The summed E-state index contributed by atoms with van der Waals surface area (Å²) in [4.78, 5) is 23.4. The highest BCUT2D eigenvalue weighted by Crippen LogP contribution is 2.18. The Balaban J connectivity index is 1.72. The first-order valence-electron chi connectivity index (χ1n) is 7.16. The van der Waals surface area contributed by atoms with E-state index in [-0.39, 0.29) is 18.9 Å². The molecule has 2 N–H and O–H groups in total. The van der Waals surface area contributed by atoms with Gasteiger partial charge >= 0.3 is 0 Å². The fourth-order valence-electron chi connectivity index (χ4n) is 1.85. The number of methoxy groups -OCH3 is 1. The van der Waals surface area contributed by atoms with Crippen LogP contribution in [0.5, 0.6) is 11.5 Å². The summed E-state index contributed by atoms with van der Waals surface area (Å²) in [6, 6.07) is 13.8. The van der Waals surface area contributed by atoms with Crippen molar-refractivity contribution in [2.24, 2.45) is 0 Å². The molecular weight excluding hydrogens is 332 g/mol. The molecule has 2 amide bonds. The Labute approximate surface area is 144 Å². The van der Waals surface area contributed by atoms with E-state index in [0.717, 1.165) is 5.56 Å². The van der Waals surface area contributed by atoms with Gasteiger partial charge in [-0.25, -0.2) is 0 Å². The second-order valence-electron chi connectivity index (χ2n) is 4.87. The summed E-state index contributed by atoms with van der Waals surface area (Å²) in [6.07, 6.45) is 0.133. The van der Waals surface area contributed by atoms with Gasteiger partial charge in [-0.1, -0.05) is 29.8 Å². The molecule has 0 aromatic heterocycles. The number of carbonyl (C=O) groups excluding carboxylic acids is 2. The molecule has 0 spiro atoms. The zero-order valence-corrected chi connectivity index (χ0v) is 13.8. The predicted molar refractivity (Wildman–Crippen MR) is 89.9 cm³/mol. The molecule has 126 valence electrons. The monoisotopic (exact) mass is 348 g/mol. The number of hydrogen-bond acceptors (Lipinski definition) is 4. The number of amides is 2. The number of rotatable bonds is 6. The fraction of sp³-hybridized carbons (Fsp3) is 0.176. The second kappa shape index (κ2) is 8.79. The van der Waals surface area contributed by atoms with Crippen molar-refractivity contribution in [2.45, 2.75) is 6.42 Å². The summed E-state index contributed by atoms with van der Waals surface area (Å²) in [7, 11) is 1.54. The third-order valence-electron chi connectivity index (χ3n) is 3.03. The van der Waals surface area contributed by atoms with Gasteiger partial charge in [0.15, 0.2) is 6.61 Å². The average Bonchev–Trinajstić information content (AvgIpc) is 2.60. The molecule has 0 saturated carbocycles. The molecule has 0 bridgehead atoms. The van der Waals surface area contributed by atoms with Crippen molar-refractivity contribution in [3.8, 4) is 11.5 Å². The molecule has 2 aromatic carbocycles. The molecule has 2 aromatic rings. The minimum absolute atomic E-state index is 0.133. The molecule has 24 heavy (non-hydrogen) atoms. The molecule has 0 unspecified atom stereocenters. The van der Waals surface area contributed by atoms with Crippen LogP contribution in [-0.4, -0.2) is 25.5 Å². The zero-order valence-electron chi connectivity index (χ0n) is 13.0. The second-order valence-corrected chi connectivity index (χ2v) is 5.30. The van der Waals surface area contributed by atoms with Crippen LogP contribution in [-0.2, 0) is 16.0 Å². The molecule has 0 aliphatic rings. The minimum atomic E-state index is -0.470. The number of ether oxygens (including phenoxy) is 2. The SMILES string of the molecule is COc1cccc(OCC(=O)NNC(=O)Cc2ccc(Cl)cc2)c1. The highest BCUT2D eigenvalue weighted by atomic mass is 35.5. The Morgan fingerprint density at radius 2 is 1.67 bits per heavy atom. The van der Waals surface area contributed by atoms with Crippen molar-refractivity contribution in [1.29, 1.82) is 0 Å². The fourth-order valence-corrected chi connectivity index (χ4v) is 1.97. The van der Waals surface area contributed by atoms with Gasteiger partial charge in [0, 0.05) is 11.1 Å². The molecule has 0 radical (unpaired) electrons. The molecule has 0 atom stereocenters. The first-order valence-corrected chi connectivity index (χ1v) is 7.53. The standard InChI is InChI=1S/C17H17ClN2O4/c1-23-14-3-2-4-15(10-14)24-11-17(22)20-19-16(21)9-12-5-7-13(18)8-6-12/h2-8,10H,9,11H2,1H3,(H,19,21)(H,20,22). The van der Waals surface area contributed by atoms with Crippen LogP contribution in [0, 0.1) is 0 Å². The molecule has 0 saturated heterocycles. The number of hydrogen-bond donors (Lipinski definition) is 2. The molecule has 0 aliphatic heterocycles. The average molecular weight is 349 g/mol. The number of carbonyl (C=O) groups is 2. The summed E-state index contributed by atoms with van der Waals surface area (Å²) >= 11 is 5.78. The Kier molecular flexibility index (Phi) is 6.45. The van der Waals surface area contributed by atoms with Gasteiger partial charge in [0.2, 0.25) is 5.91 Å². The topological polar surface area (TPSA) is 76.7 Å². The van der Waals surface area contributed by atoms with E-state index in [4.69, 9.17) is 21.1 Å². The maximum absolute atomic E-state index is 11.7. The van der Waals surface area contributed by atoms with Crippen LogP contribution < -0.4 is 20.3 Å². The van der Waals surface area contributed by atoms with E-state index in [2.05, 4.69) is 10.9 Å². The maximum atomic E-state index is 11.7. The summed E-state index contributed by atoms with van der Waals surface area (Å²) < 4.78 is 10.4. The molecule has 6 nitrogen and oxygen atoms in total. The first kappa shape index (κ1) is 17.6. The Morgan fingerprint density at radius 1 is 1.00 bits per heavy atom. The lowest BCUT2D eigenvalue weighted by Gasteiger charge is -2.09. The summed E-state index contributed by atoms with van der Waals surface area (Å²) in [5, 5.41) is 0.599. The van der Waals surface area contributed by atoms with Gasteiger partial charge in [-0.05, 0) is 29.8 Å². The van der Waals surface area contributed by atoms with Crippen molar-refractivity contribution >= 4 is 23.4 Å². The van der Waals surface area contributed by atoms with Crippen LogP contribution in [0.1, 0.15) is 5.56 Å². The van der Waals surface area contributed by atoms with E-state index in [9.17, 15) is 9.59 Å². The summed E-state index contributed by atoms with van der Waals surface area (Å²) in [5.74, 6) is 0.315. The van der Waals surface area contributed by atoms with E-state index in [1.165, 1.54) is 0 Å². The van der Waals surface area contributed by atoms with E-state index in [0.29, 0.717) is 16.5 Å². The summed E-state index contributed by atoms with van der Waals surface area (Å²) in [6.45, 7) is -0.228. The van der Waals surface area contributed by atoms with E-state index in [1.807, 2.05) is 0 Å². The highest BCUT2D eigenvalue weighted by molar-refractivity contribution is 6.30. The largest absolute Gasteiger partial charge is 0.497 e. The Hall–Kier alpha value is -2.73. The lowest BCUT2D eigenvalue weighted by molar-refractivity contribution is -0.129. The normalized spacial score (nSPS) is 9.92. The number of nitrogens with one attached hydrogen (secondary N) is 2. The van der Waals surface area contributed by atoms with Crippen molar-refractivity contribution in [3.63, 3.8) is 0 Å². The molecule has 0 fully saturated rings. The first-order chi connectivity index (χ1) is 11.6. The lowest BCUT2D eigenvalue weighted by atomic mass is 10.1. The van der Waals surface area contributed by atoms with Gasteiger partial charge in [-0.15, -0.1) is 0 Å². The van der Waals surface area contributed by atoms with Crippen LogP contribution in [0.4, 0.5) is 0 Å². The third kappa shape index (κ3) is 5.81. The predicted octanol–water partition coefficient (Wildman–Crippen LogP) is 2.12. The minimum Gasteiger partial charge on any atom is -0.497 e. The van der Waals surface area contributed by atoms with Crippen molar-refractivity contribution in [2.75, 3.05) is 13.7 Å². The Morgan fingerprint density at radius 3 is 2.38 bits per heavy atom. The van der Waals surface area contributed by atoms with E-state index < -0.39 is 5.91 Å². The van der Waals surface area contributed by atoms with Crippen LogP contribution in [0.2, 0.25) is 5.02 Å². The van der Waals surface area contributed by atoms with E-state index in [1.54, 1.807) is 55.6 Å². The molecule has 0 aliphatic carbocycles. The molecule has 7 heteroatoms. The van der Waals surface area contributed by atoms with Crippen LogP contribution in [0.25, 0.3) is 0 Å². The molecule has 2 rings (SSSR count). The van der Waals surface area contributed by atoms with Crippen LogP contribution in [0.3, 0.4) is 0 Å². The van der Waals surface area contributed by atoms with E-state index >= 15 is 0 Å².